The average molecular weight is 463 g/mol. The van der Waals surface area contributed by atoms with Crippen LogP contribution in [0.2, 0.25) is 13.1 Å². The van der Waals surface area contributed by atoms with Crippen LogP contribution in [0.5, 0.6) is 5.75 Å². The van der Waals surface area contributed by atoms with Gasteiger partial charge >= 0.3 is 156 Å². The summed E-state index contributed by atoms with van der Waals surface area (Å²) in [7, 11) is -2.15. The van der Waals surface area contributed by atoms with Crippen LogP contribution in [-0.2, 0) is 4.79 Å². The first-order valence-corrected chi connectivity index (χ1v) is 13.0. The summed E-state index contributed by atoms with van der Waals surface area (Å²) in [5.74, 6) is 0.318. The Kier molecular flexibility index (Phi) is 3.69. The summed E-state index contributed by atoms with van der Waals surface area (Å²) in [6, 6.07) is 7.75. The Morgan fingerprint density at radius 2 is 1.96 bits per heavy atom. The van der Waals surface area contributed by atoms with Crippen molar-refractivity contribution in [3.05, 3.63) is 51.0 Å². The maximum absolute atomic E-state index is 11.9. The molecular weight excluding hydrogens is 449 g/mol. The van der Waals surface area contributed by atoms with Crippen LogP contribution in [-0.4, -0.2) is 39.2 Å². The van der Waals surface area contributed by atoms with Crippen LogP contribution in [0.4, 0.5) is 5.69 Å². The standard InChI is InChI=1S/C18H14BrNO2SeSi/c1-24(2)15-9-10(21)3-4-11(15)20-12-5-6-13(22)17(18(12)24)14-7-8-16(19)23-14/h3-9,22H,1-2H3. The number of hydrogen-bond acceptors (Lipinski definition) is 3. The quantitative estimate of drug-likeness (QED) is 0.520. The molecule has 4 rings (SSSR count). The molecular formula is C18H14BrNO2SeSi. The summed E-state index contributed by atoms with van der Waals surface area (Å²) < 4.78 is 2.32. The monoisotopic (exact) mass is 463 g/mol. The van der Waals surface area contributed by atoms with E-state index < -0.39 is 8.07 Å². The van der Waals surface area contributed by atoms with Gasteiger partial charge in [-0.2, -0.15) is 0 Å². The molecule has 1 aromatic carbocycles. The molecule has 0 spiro atoms. The SMILES string of the molecule is C[Si]1(C)C2=CC(=O)C=CC2=Nc2ccc(O)c(-c3ccc(Br)[se]3)c21. The van der Waals surface area contributed by atoms with Crippen molar-refractivity contribution >= 4 is 60.9 Å². The van der Waals surface area contributed by atoms with Crippen LogP contribution in [0, 0.1) is 0 Å². The van der Waals surface area contributed by atoms with E-state index in [1.807, 2.05) is 18.2 Å². The number of rotatable bonds is 1. The molecule has 1 N–H and O–H groups in total. The van der Waals surface area contributed by atoms with E-state index in [2.05, 4.69) is 35.1 Å². The Hall–Kier alpha value is -1.46. The van der Waals surface area contributed by atoms with Crippen molar-refractivity contribution in [3.8, 4) is 15.8 Å². The zero-order valence-corrected chi connectivity index (χ0v) is 17.4. The van der Waals surface area contributed by atoms with Crippen LogP contribution in [0.25, 0.3) is 10.0 Å². The fourth-order valence-electron chi connectivity index (χ4n) is 3.38. The Labute approximate surface area is 155 Å². The van der Waals surface area contributed by atoms with Gasteiger partial charge < -0.3 is 0 Å². The van der Waals surface area contributed by atoms with E-state index in [9.17, 15) is 9.90 Å². The van der Waals surface area contributed by atoms with Crippen molar-refractivity contribution in [1.82, 2.24) is 0 Å². The number of phenolic OH excluding ortho intramolecular Hbond substituents is 1. The van der Waals surface area contributed by atoms with Gasteiger partial charge in [0.05, 0.1) is 0 Å². The summed E-state index contributed by atoms with van der Waals surface area (Å²) in [6.45, 7) is 4.46. The molecule has 1 aliphatic heterocycles. The summed E-state index contributed by atoms with van der Waals surface area (Å²) >= 11 is 3.71. The number of aromatic hydroxyl groups is 1. The van der Waals surface area contributed by atoms with Crippen molar-refractivity contribution in [2.75, 3.05) is 0 Å². The molecule has 0 atom stereocenters. The van der Waals surface area contributed by atoms with Gasteiger partial charge in [0.2, 0.25) is 0 Å². The van der Waals surface area contributed by atoms with Crippen LogP contribution in [0.1, 0.15) is 0 Å². The molecule has 6 heteroatoms. The predicted octanol–water partition coefficient (Wildman–Crippen LogP) is 3.48. The molecule has 0 saturated heterocycles. The van der Waals surface area contributed by atoms with Gasteiger partial charge in [0, 0.05) is 0 Å². The zero-order chi connectivity index (χ0) is 17.1. The van der Waals surface area contributed by atoms with Gasteiger partial charge in [0.25, 0.3) is 0 Å². The maximum atomic E-state index is 11.9. The second-order valence-corrected chi connectivity index (χ2v) is 15.0. The van der Waals surface area contributed by atoms with Crippen molar-refractivity contribution in [3.63, 3.8) is 0 Å². The van der Waals surface area contributed by atoms with Crippen LogP contribution >= 0.6 is 15.9 Å². The predicted molar refractivity (Wildman–Crippen MR) is 105 cm³/mol. The normalized spacial score (nSPS) is 17.9. The van der Waals surface area contributed by atoms with Crippen LogP contribution in [0.3, 0.4) is 0 Å². The molecule has 0 bridgehead atoms. The van der Waals surface area contributed by atoms with E-state index >= 15 is 0 Å². The summed E-state index contributed by atoms with van der Waals surface area (Å²) in [5.41, 5.74) is 2.73. The number of allylic oxidation sites excluding steroid dienone is 4. The van der Waals surface area contributed by atoms with Crippen LogP contribution < -0.4 is 5.19 Å². The first-order valence-electron chi connectivity index (χ1n) is 7.53. The number of ketones is 1. The number of phenols is 1. The molecule has 0 radical (unpaired) electrons. The third-order valence-corrected chi connectivity index (χ3v) is 11.0. The second kappa shape index (κ2) is 5.53. The number of halogens is 1. The molecule has 3 nitrogen and oxygen atoms in total. The van der Waals surface area contributed by atoms with Gasteiger partial charge in [-0.25, -0.2) is 0 Å². The molecule has 0 saturated carbocycles. The van der Waals surface area contributed by atoms with E-state index in [-0.39, 0.29) is 20.3 Å². The van der Waals surface area contributed by atoms with Gasteiger partial charge in [0.15, 0.2) is 0 Å². The first kappa shape index (κ1) is 16.0. The first-order chi connectivity index (χ1) is 11.4. The molecule has 1 aromatic heterocycles. The van der Waals surface area contributed by atoms with Crippen molar-refractivity contribution in [2.24, 2.45) is 4.99 Å². The minimum atomic E-state index is -2.15. The number of fused-ring (bicyclic) bond motifs is 2. The molecule has 1 aliphatic carbocycles. The van der Waals surface area contributed by atoms with Gasteiger partial charge in [-0.15, -0.1) is 0 Å². The van der Waals surface area contributed by atoms with Crippen molar-refractivity contribution in [1.29, 1.82) is 0 Å². The molecule has 0 fully saturated rings. The zero-order valence-electron chi connectivity index (χ0n) is 13.1. The number of hydrogen-bond donors (Lipinski definition) is 1. The Morgan fingerprint density at radius 3 is 2.67 bits per heavy atom. The Bertz CT molecular complexity index is 985. The van der Waals surface area contributed by atoms with Crippen molar-refractivity contribution in [2.45, 2.75) is 13.1 Å². The minimum absolute atomic E-state index is 0.0170. The number of carbonyl (C=O) groups is 1. The van der Waals surface area contributed by atoms with Gasteiger partial charge in [-0.05, 0) is 0 Å². The Balaban J connectivity index is 2.06. The summed E-state index contributed by atoms with van der Waals surface area (Å²) in [6.07, 6.45) is 5.12. The van der Waals surface area contributed by atoms with Gasteiger partial charge in [0.1, 0.15) is 0 Å². The second-order valence-electron chi connectivity index (χ2n) is 6.37. The van der Waals surface area contributed by atoms with E-state index in [1.54, 1.807) is 18.2 Å². The third kappa shape index (κ3) is 2.37. The van der Waals surface area contributed by atoms with Crippen molar-refractivity contribution < 1.29 is 9.90 Å². The molecule has 0 amide bonds. The van der Waals surface area contributed by atoms with E-state index in [0.717, 1.165) is 35.1 Å². The Morgan fingerprint density at radius 1 is 1.17 bits per heavy atom. The molecule has 24 heavy (non-hydrogen) atoms. The van der Waals surface area contributed by atoms with Gasteiger partial charge in [-0.3, -0.25) is 0 Å². The van der Waals surface area contributed by atoms with Crippen LogP contribution in [0.15, 0.2) is 56.0 Å². The molecule has 2 aliphatic rings. The number of benzene rings is 1. The fraction of sp³-hybridized carbons (Fsp3) is 0.111. The topological polar surface area (TPSA) is 49.7 Å². The molecule has 0 unspecified atom stereocenters. The van der Waals surface area contributed by atoms with E-state index in [0.29, 0.717) is 5.75 Å². The average Bonchev–Trinajstić information content (AvgIpc) is 2.95. The summed E-state index contributed by atoms with van der Waals surface area (Å²) in [4.78, 5) is 16.7. The number of aliphatic imine (C=N–C) groups is 1. The molecule has 2 aromatic rings. The molecule has 120 valence electrons. The van der Waals surface area contributed by atoms with E-state index in [4.69, 9.17) is 4.99 Å². The third-order valence-electron chi connectivity index (χ3n) is 4.49. The fourth-order valence-corrected chi connectivity index (χ4v) is 9.50. The molecule has 2 heterocycles. The summed E-state index contributed by atoms with van der Waals surface area (Å²) in [5, 5.41) is 12.8. The van der Waals surface area contributed by atoms with Gasteiger partial charge in [-0.1, -0.05) is 0 Å². The number of nitrogens with zero attached hydrogens (tertiary/aromatic N) is 1. The number of carbonyl (C=O) groups excluding carboxylic acids is 1. The van der Waals surface area contributed by atoms with E-state index in [1.165, 1.54) is 0 Å².